The van der Waals surface area contributed by atoms with E-state index in [2.05, 4.69) is 15.6 Å². The Kier molecular flexibility index (Phi) is 5.88. The molecule has 0 unspecified atom stereocenters. The van der Waals surface area contributed by atoms with Crippen LogP contribution in [0.4, 0.5) is 0 Å². The fourth-order valence-corrected chi connectivity index (χ4v) is 2.10. The van der Waals surface area contributed by atoms with Crippen molar-refractivity contribution >= 4 is 17.5 Å². The van der Waals surface area contributed by atoms with Crippen LogP contribution in [-0.2, 0) is 13.0 Å². The Labute approximate surface area is 133 Å². The lowest BCUT2D eigenvalue weighted by Crippen LogP contribution is -2.39. The van der Waals surface area contributed by atoms with Gasteiger partial charge in [0.2, 0.25) is 0 Å². The molecule has 1 atom stereocenters. The number of nitrogens with zero attached hydrogens (tertiary/aromatic N) is 3. The molecule has 7 nitrogen and oxygen atoms in total. The summed E-state index contributed by atoms with van der Waals surface area (Å²) in [5, 5.41) is 20.4. The molecule has 0 bridgehead atoms. The molecule has 1 amide bonds. The first-order valence-electron chi connectivity index (χ1n) is 6.88. The molecule has 118 valence electrons. The second-order valence-corrected chi connectivity index (χ2v) is 5.28. The molecule has 1 aromatic heterocycles. The van der Waals surface area contributed by atoms with Crippen LogP contribution in [0.15, 0.2) is 30.5 Å². The van der Waals surface area contributed by atoms with Gasteiger partial charge in [-0.2, -0.15) is 0 Å². The van der Waals surface area contributed by atoms with E-state index < -0.39 is 6.04 Å². The van der Waals surface area contributed by atoms with Gasteiger partial charge in [-0.05, 0) is 24.1 Å². The van der Waals surface area contributed by atoms with Gasteiger partial charge in [0.05, 0.1) is 25.4 Å². The standard InChI is InChI=1S/C14H18ClN5O2/c15-11-3-1-10(2-4-11)7-12(9-21)17-14(22)13-8-20(6-5-16)19-18-13/h1-4,8,12,21H,5-7,9,16H2,(H,17,22)/t12-/m0/s1. The summed E-state index contributed by atoms with van der Waals surface area (Å²) in [4.78, 5) is 12.1. The lowest BCUT2D eigenvalue weighted by molar-refractivity contribution is 0.0911. The maximum absolute atomic E-state index is 12.1. The van der Waals surface area contributed by atoms with Gasteiger partial charge < -0.3 is 16.2 Å². The fraction of sp³-hybridized carbons (Fsp3) is 0.357. The molecule has 2 aromatic rings. The third kappa shape index (κ3) is 4.52. The molecule has 1 aromatic carbocycles. The minimum Gasteiger partial charge on any atom is -0.394 e. The van der Waals surface area contributed by atoms with Crippen molar-refractivity contribution in [1.29, 1.82) is 0 Å². The zero-order valence-corrected chi connectivity index (χ0v) is 12.7. The number of carbonyl (C=O) groups is 1. The van der Waals surface area contributed by atoms with Crippen LogP contribution in [0.5, 0.6) is 0 Å². The quantitative estimate of drug-likeness (QED) is 0.676. The molecule has 0 saturated heterocycles. The fourth-order valence-electron chi connectivity index (χ4n) is 1.97. The smallest absolute Gasteiger partial charge is 0.273 e. The molecule has 0 aliphatic heterocycles. The lowest BCUT2D eigenvalue weighted by Gasteiger charge is -2.15. The highest BCUT2D eigenvalue weighted by Crippen LogP contribution is 2.11. The van der Waals surface area contributed by atoms with Gasteiger partial charge in [-0.15, -0.1) is 5.10 Å². The average molecular weight is 324 g/mol. The zero-order valence-electron chi connectivity index (χ0n) is 11.9. The Morgan fingerprint density at radius 1 is 1.41 bits per heavy atom. The van der Waals surface area contributed by atoms with Crippen LogP contribution in [0, 0.1) is 0 Å². The maximum atomic E-state index is 12.1. The average Bonchev–Trinajstić information content (AvgIpc) is 2.98. The summed E-state index contributed by atoms with van der Waals surface area (Å²) in [7, 11) is 0. The van der Waals surface area contributed by atoms with Gasteiger partial charge in [0.15, 0.2) is 5.69 Å². The van der Waals surface area contributed by atoms with Gasteiger partial charge in [-0.3, -0.25) is 9.48 Å². The van der Waals surface area contributed by atoms with E-state index in [1.165, 1.54) is 10.9 Å². The van der Waals surface area contributed by atoms with Gasteiger partial charge in [0, 0.05) is 11.6 Å². The van der Waals surface area contributed by atoms with E-state index in [1.54, 1.807) is 12.1 Å². The third-order valence-corrected chi connectivity index (χ3v) is 3.33. The van der Waals surface area contributed by atoms with Gasteiger partial charge in [0.25, 0.3) is 5.91 Å². The second-order valence-electron chi connectivity index (χ2n) is 4.84. The number of aliphatic hydroxyl groups is 1. The molecule has 0 spiro atoms. The first-order chi connectivity index (χ1) is 10.6. The minimum absolute atomic E-state index is 0.175. The van der Waals surface area contributed by atoms with Crippen molar-refractivity contribution in [2.45, 2.75) is 19.0 Å². The number of rotatable bonds is 7. The topological polar surface area (TPSA) is 106 Å². The predicted octanol–water partition coefficient (Wildman–Crippen LogP) is 0.224. The number of hydrogen-bond donors (Lipinski definition) is 3. The lowest BCUT2D eigenvalue weighted by atomic mass is 10.1. The summed E-state index contributed by atoms with van der Waals surface area (Å²) in [5.41, 5.74) is 6.58. The SMILES string of the molecule is NCCn1cc(C(=O)N[C@H](CO)Cc2ccc(Cl)cc2)nn1. The van der Waals surface area contributed by atoms with Crippen LogP contribution in [0.3, 0.4) is 0 Å². The number of nitrogens with one attached hydrogen (secondary N) is 1. The summed E-state index contributed by atoms with van der Waals surface area (Å²) in [6, 6.07) is 6.84. The van der Waals surface area contributed by atoms with E-state index in [1.807, 2.05) is 12.1 Å². The first-order valence-corrected chi connectivity index (χ1v) is 7.26. The third-order valence-electron chi connectivity index (χ3n) is 3.08. The molecule has 0 radical (unpaired) electrons. The Morgan fingerprint density at radius 2 is 2.14 bits per heavy atom. The van der Waals surface area contributed by atoms with Crippen molar-refractivity contribution in [1.82, 2.24) is 20.3 Å². The highest BCUT2D eigenvalue weighted by Gasteiger charge is 2.16. The van der Waals surface area contributed by atoms with Crippen molar-refractivity contribution in [3.63, 3.8) is 0 Å². The van der Waals surface area contributed by atoms with E-state index in [9.17, 15) is 9.90 Å². The van der Waals surface area contributed by atoms with Crippen LogP contribution in [0.1, 0.15) is 16.1 Å². The van der Waals surface area contributed by atoms with Crippen molar-refractivity contribution in [3.05, 3.63) is 46.7 Å². The number of hydrogen-bond acceptors (Lipinski definition) is 5. The summed E-state index contributed by atoms with van der Waals surface area (Å²) >= 11 is 5.83. The van der Waals surface area contributed by atoms with Crippen LogP contribution >= 0.6 is 11.6 Å². The molecule has 2 rings (SSSR count). The van der Waals surface area contributed by atoms with Crippen LogP contribution < -0.4 is 11.1 Å². The van der Waals surface area contributed by atoms with Crippen molar-refractivity contribution in [2.24, 2.45) is 5.73 Å². The zero-order chi connectivity index (χ0) is 15.9. The predicted molar refractivity (Wildman–Crippen MR) is 82.6 cm³/mol. The monoisotopic (exact) mass is 323 g/mol. The molecule has 22 heavy (non-hydrogen) atoms. The van der Waals surface area contributed by atoms with Gasteiger partial charge in [0.1, 0.15) is 0 Å². The molecule has 1 heterocycles. The summed E-state index contributed by atoms with van der Waals surface area (Å²) in [6.45, 7) is 0.736. The van der Waals surface area contributed by atoms with Gasteiger partial charge in [-0.1, -0.05) is 28.9 Å². The first kappa shape index (κ1) is 16.4. The number of amides is 1. The van der Waals surface area contributed by atoms with Crippen molar-refractivity contribution in [2.75, 3.05) is 13.2 Å². The number of carbonyl (C=O) groups excluding carboxylic acids is 1. The van der Waals surface area contributed by atoms with Crippen LogP contribution in [-0.4, -0.2) is 45.2 Å². The molecular weight excluding hydrogens is 306 g/mol. The van der Waals surface area contributed by atoms with Gasteiger partial charge in [-0.25, -0.2) is 0 Å². The Bertz CT molecular complexity index is 614. The molecule has 0 aliphatic carbocycles. The van der Waals surface area contributed by atoms with E-state index in [4.69, 9.17) is 17.3 Å². The second kappa shape index (κ2) is 7.88. The number of halogens is 1. The van der Waals surface area contributed by atoms with Crippen LogP contribution in [0.2, 0.25) is 5.02 Å². The molecule has 4 N–H and O–H groups in total. The number of aromatic nitrogens is 3. The van der Waals surface area contributed by atoms with E-state index in [-0.39, 0.29) is 18.2 Å². The highest BCUT2D eigenvalue weighted by molar-refractivity contribution is 6.30. The number of aliphatic hydroxyl groups excluding tert-OH is 1. The Morgan fingerprint density at radius 3 is 2.77 bits per heavy atom. The van der Waals surface area contributed by atoms with Crippen molar-refractivity contribution in [3.8, 4) is 0 Å². The maximum Gasteiger partial charge on any atom is 0.273 e. The van der Waals surface area contributed by atoms with Gasteiger partial charge >= 0.3 is 0 Å². The summed E-state index contributed by atoms with van der Waals surface area (Å²) in [5.74, 6) is -0.378. The molecule has 0 fully saturated rings. The molecule has 0 saturated carbocycles. The normalized spacial score (nSPS) is 12.1. The van der Waals surface area contributed by atoms with E-state index >= 15 is 0 Å². The van der Waals surface area contributed by atoms with E-state index in [0.29, 0.717) is 24.5 Å². The highest BCUT2D eigenvalue weighted by atomic mass is 35.5. The Balaban J connectivity index is 1.96. The summed E-state index contributed by atoms with van der Waals surface area (Å²) < 4.78 is 1.50. The molecule has 8 heteroatoms. The molecule has 0 aliphatic rings. The Hall–Kier alpha value is -1.96. The van der Waals surface area contributed by atoms with Crippen molar-refractivity contribution < 1.29 is 9.90 Å². The summed E-state index contributed by atoms with van der Waals surface area (Å²) in [6.07, 6.45) is 2.02. The molecular formula is C14H18ClN5O2. The number of benzene rings is 1. The van der Waals surface area contributed by atoms with Crippen LogP contribution in [0.25, 0.3) is 0 Å². The minimum atomic E-state index is -0.409. The largest absolute Gasteiger partial charge is 0.394 e. The number of nitrogens with two attached hydrogens (primary N) is 1. The van der Waals surface area contributed by atoms with E-state index in [0.717, 1.165) is 5.56 Å².